The highest BCUT2D eigenvalue weighted by Gasteiger charge is 2.23. The topological polar surface area (TPSA) is 49.3 Å². The van der Waals surface area contributed by atoms with Crippen molar-refractivity contribution in [2.75, 3.05) is 31.1 Å². The van der Waals surface area contributed by atoms with Crippen LogP contribution in [0.2, 0.25) is 0 Å². The zero-order valence-electron chi connectivity index (χ0n) is 15.1. The molecule has 1 saturated heterocycles. The number of piperazine rings is 1. The highest BCUT2D eigenvalue weighted by atomic mass is 19.1. The molecule has 3 aromatic rings. The van der Waals surface area contributed by atoms with Crippen LogP contribution in [0.15, 0.2) is 60.9 Å². The van der Waals surface area contributed by atoms with Gasteiger partial charge in [-0.15, -0.1) is 0 Å². The van der Waals surface area contributed by atoms with Crippen LogP contribution < -0.4 is 4.90 Å². The lowest BCUT2D eigenvalue weighted by molar-refractivity contribution is 0.0746. The van der Waals surface area contributed by atoms with Crippen LogP contribution in [0.3, 0.4) is 0 Å². The Kier molecular flexibility index (Phi) is 4.97. The number of hydrogen-bond donors (Lipinski definition) is 0. The molecule has 0 radical (unpaired) electrons. The number of halogens is 2. The molecule has 5 nitrogen and oxygen atoms in total. The van der Waals surface area contributed by atoms with E-state index in [9.17, 15) is 13.6 Å². The van der Waals surface area contributed by atoms with E-state index in [1.807, 2.05) is 4.90 Å². The number of rotatable bonds is 3. The Balaban J connectivity index is 1.43. The maximum Gasteiger partial charge on any atom is 0.253 e. The molecular weight excluding hydrogens is 362 g/mol. The van der Waals surface area contributed by atoms with E-state index in [0.29, 0.717) is 48.8 Å². The summed E-state index contributed by atoms with van der Waals surface area (Å²) in [5.74, 6) is -0.647. The van der Waals surface area contributed by atoms with Gasteiger partial charge in [-0.3, -0.25) is 4.79 Å². The fourth-order valence-electron chi connectivity index (χ4n) is 3.26. The van der Waals surface area contributed by atoms with Gasteiger partial charge in [0.05, 0.1) is 0 Å². The summed E-state index contributed by atoms with van der Waals surface area (Å²) in [6.45, 7) is 2.47. The van der Waals surface area contributed by atoms with E-state index in [1.54, 1.807) is 47.6 Å². The van der Waals surface area contributed by atoms with Crippen LogP contribution in [0.5, 0.6) is 0 Å². The summed E-state index contributed by atoms with van der Waals surface area (Å²) in [7, 11) is 0. The van der Waals surface area contributed by atoms with Crippen molar-refractivity contribution in [1.29, 1.82) is 0 Å². The second-order valence-electron chi connectivity index (χ2n) is 6.53. The molecule has 7 heteroatoms. The Hall–Kier alpha value is -3.35. The number of aromatic nitrogens is 2. The van der Waals surface area contributed by atoms with Crippen LogP contribution in [-0.4, -0.2) is 47.0 Å². The van der Waals surface area contributed by atoms with E-state index in [2.05, 4.69) is 9.97 Å². The Morgan fingerprint density at radius 1 is 0.893 bits per heavy atom. The van der Waals surface area contributed by atoms with Crippen LogP contribution in [-0.2, 0) is 0 Å². The number of hydrogen-bond acceptors (Lipinski definition) is 4. The van der Waals surface area contributed by atoms with Gasteiger partial charge in [0, 0.05) is 55.8 Å². The van der Waals surface area contributed by atoms with E-state index in [-0.39, 0.29) is 5.91 Å². The first-order valence-electron chi connectivity index (χ1n) is 8.98. The maximum atomic E-state index is 13.9. The van der Waals surface area contributed by atoms with Crippen molar-refractivity contribution >= 4 is 11.9 Å². The molecule has 1 aliphatic heterocycles. The van der Waals surface area contributed by atoms with E-state index < -0.39 is 11.6 Å². The van der Waals surface area contributed by atoms with Crippen molar-refractivity contribution in [3.63, 3.8) is 0 Å². The van der Waals surface area contributed by atoms with Crippen molar-refractivity contribution in [2.45, 2.75) is 0 Å². The molecule has 1 amide bonds. The van der Waals surface area contributed by atoms with Gasteiger partial charge in [-0.2, -0.15) is 0 Å². The Bertz CT molecular complexity index is 971. The SMILES string of the molecule is O=C(c1ccc(-c2ccc(F)cc2F)cc1)N1CCN(c2ncccn2)CC1. The quantitative estimate of drug-likeness (QED) is 0.699. The molecule has 142 valence electrons. The summed E-state index contributed by atoms with van der Waals surface area (Å²) < 4.78 is 27.0. The van der Waals surface area contributed by atoms with Crippen LogP contribution >= 0.6 is 0 Å². The summed E-state index contributed by atoms with van der Waals surface area (Å²) in [6, 6.07) is 11.9. The third kappa shape index (κ3) is 3.69. The standard InChI is InChI=1S/C21H18F2N4O/c22-17-6-7-18(19(23)14-17)15-2-4-16(5-3-15)20(28)26-10-12-27(13-11-26)21-24-8-1-9-25-21/h1-9,14H,10-13H2. The minimum atomic E-state index is -0.627. The molecule has 0 bridgehead atoms. The summed E-state index contributed by atoms with van der Waals surface area (Å²) in [5, 5.41) is 0. The average molecular weight is 380 g/mol. The number of nitrogens with zero attached hydrogens (tertiary/aromatic N) is 4. The number of benzene rings is 2. The third-order valence-corrected chi connectivity index (χ3v) is 4.78. The van der Waals surface area contributed by atoms with Crippen LogP contribution in [0.4, 0.5) is 14.7 Å². The molecule has 1 aliphatic rings. The van der Waals surface area contributed by atoms with Crippen molar-refractivity contribution in [2.24, 2.45) is 0 Å². The largest absolute Gasteiger partial charge is 0.337 e. The van der Waals surface area contributed by atoms with Gasteiger partial charge in [0.25, 0.3) is 5.91 Å². The Labute approximate surface area is 161 Å². The second kappa shape index (κ2) is 7.72. The maximum absolute atomic E-state index is 13.9. The van der Waals surface area contributed by atoms with Crippen LogP contribution in [0, 0.1) is 11.6 Å². The van der Waals surface area contributed by atoms with Gasteiger partial charge in [0.15, 0.2) is 0 Å². The zero-order chi connectivity index (χ0) is 19.5. The molecule has 0 N–H and O–H groups in total. The third-order valence-electron chi connectivity index (χ3n) is 4.78. The molecule has 2 aromatic carbocycles. The van der Waals surface area contributed by atoms with Crippen LogP contribution in [0.1, 0.15) is 10.4 Å². The average Bonchev–Trinajstić information content (AvgIpc) is 2.74. The van der Waals surface area contributed by atoms with E-state index >= 15 is 0 Å². The minimum absolute atomic E-state index is 0.0697. The number of amides is 1. The molecule has 4 rings (SSSR count). The predicted octanol–water partition coefficient (Wildman–Crippen LogP) is 3.38. The highest BCUT2D eigenvalue weighted by Crippen LogP contribution is 2.24. The molecule has 0 spiro atoms. The molecular formula is C21H18F2N4O. The van der Waals surface area contributed by atoms with Gasteiger partial charge >= 0.3 is 0 Å². The number of anilines is 1. The number of carbonyl (C=O) groups excluding carboxylic acids is 1. The smallest absolute Gasteiger partial charge is 0.253 e. The predicted molar refractivity (Wildman–Crippen MR) is 102 cm³/mol. The molecule has 1 fully saturated rings. The Morgan fingerprint density at radius 2 is 1.57 bits per heavy atom. The molecule has 0 unspecified atom stereocenters. The molecule has 0 saturated carbocycles. The second-order valence-corrected chi connectivity index (χ2v) is 6.53. The van der Waals surface area contributed by atoms with Crippen molar-refractivity contribution in [3.05, 3.63) is 78.1 Å². The first kappa shape index (κ1) is 18.0. The molecule has 0 aliphatic carbocycles. The lowest BCUT2D eigenvalue weighted by atomic mass is 10.0. The summed E-state index contributed by atoms with van der Waals surface area (Å²) in [6.07, 6.45) is 3.40. The summed E-state index contributed by atoms with van der Waals surface area (Å²) in [5.41, 5.74) is 1.44. The first-order chi connectivity index (χ1) is 13.6. The van der Waals surface area contributed by atoms with Gasteiger partial charge in [-0.05, 0) is 35.9 Å². The first-order valence-corrected chi connectivity index (χ1v) is 8.98. The monoisotopic (exact) mass is 380 g/mol. The fourth-order valence-corrected chi connectivity index (χ4v) is 3.26. The number of carbonyl (C=O) groups is 1. The van der Waals surface area contributed by atoms with Gasteiger partial charge in [-0.1, -0.05) is 12.1 Å². The van der Waals surface area contributed by atoms with Crippen molar-refractivity contribution in [3.8, 4) is 11.1 Å². The minimum Gasteiger partial charge on any atom is -0.337 e. The zero-order valence-corrected chi connectivity index (χ0v) is 15.1. The van der Waals surface area contributed by atoms with Gasteiger partial charge in [0.2, 0.25) is 5.95 Å². The summed E-state index contributed by atoms with van der Waals surface area (Å²) >= 11 is 0. The lowest BCUT2D eigenvalue weighted by Gasteiger charge is -2.34. The Morgan fingerprint density at radius 3 is 2.21 bits per heavy atom. The molecule has 28 heavy (non-hydrogen) atoms. The van der Waals surface area contributed by atoms with Crippen molar-refractivity contribution < 1.29 is 13.6 Å². The highest BCUT2D eigenvalue weighted by molar-refractivity contribution is 5.94. The molecule has 1 aromatic heterocycles. The van der Waals surface area contributed by atoms with Crippen LogP contribution in [0.25, 0.3) is 11.1 Å². The molecule has 0 atom stereocenters. The normalized spacial score (nSPS) is 14.2. The molecule has 2 heterocycles. The van der Waals surface area contributed by atoms with Crippen molar-refractivity contribution in [1.82, 2.24) is 14.9 Å². The fraction of sp³-hybridized carbons (Fsp3) is 0.190. The van der Waals surface area contributed by atoms with E-state index in [4.69, 9.17) is 0 Å². The van der Waals surface area contributed by atoms with E-state index in [0.717, 1.165) is 6.07 Å². The van der Waals surface area contributed by atoms with Gasteiger partial charge < -0.3 is 9.80 Å². The van der Waals surface area contributed by atoms with Gasteiger partial charge in [0.1, 0.15) is 11.6 Å². The summed E-state index contributed by atoms with van der Waals surface area (Å²) in [4.78, 5) is 25.1. The van der Waals surface area contributed by atoms with E-state index in [1.165, 1.54) is 12.1 Å². The lowest BCUT2D eigenvalue weighted by Crippen LogP contribution is -2.49. The van der Waals surface area contributed by atoms with Gasteiger partial charge in [-0.25, -0.2) is 18.7 Å².